The van der Waals surface area contributed by atoms with Crippen LogP contribution in [-0.2, 0) is 4.79 Å². The Labute approximate surface area is 103 Å². The highest BCUT2D eigenvalue weighted by molar-refractivity contribution is 6.31. The van der Waals surface area contributed by atoms with Crippen molar-refractivity contribution in [2.45, 2.75) is 12.3 Å². The van der Waals surface area contributed by atoms with Gasteiger partial charge in [-0.2, -0.15) is 0 Å². The van der Waals surface area contributed by atoms with Crippen LogP contribution in [0.4, 0.5) is 10.5 Å². The number of anilines is 1. The summed E-state index contributed by atoms with van der Waals surface area (Å²) < 4.78 is 0. The summed E-state index contributed by atoms with van der Waals surface area (Å²) >= 11 is 11.2. The molecule has 1 aromatic rings. The third kappa shape index (κ3) is 4.08. The molecular weight excluding hydrogens is 251 g/mol. The highest BCUT2D eigenvalue weighted by atomic mass is 35.5. The third-order valence-electron chi connectivity index (χ3n) is 1.70. The van der Waals surface area contributed by atoms with E-state index in [-0.39, 0.29) is 0 Å². The van der Waals surface area contributed by atoms with E-state index in [9.17, 15) is 9.59 Å². The summed E-state index contributed by atoms with van der Waals surface area (Å²) in [4.78, 5) is 22.4. The Morgan fingerprint density at radius 3 is 2.31 bits per heavy atom. The standard InChI is InChI=1S/C10H10Cl2N2O2/c1-6(11)9(15)14-10(16)13-8-4-2-7(12)3-5-8/h2-6H,1H3,(H2,13,14,15,16). The van der Waals surface area contributed by atoms with Crippen molar-refractivity contribution in [3.63, 3.8) is 0 Å². The van der Waals surface area contributed by atoms with Gasteiger partial charge in [0.05, 0.1) is 0 Å². The molecule has 0 heterocycles. The number of halogens is 2. The highest BCUT2D eigenvalue weighted by Crippen LogP contribution is 2.13. The van der Waals surface area contributed by atoms with E-state index < -0.39 is 17.3 Å². The summed E-state index contributed by atoms with van der Waals surface area (Å²) in [6.07, 6.45) is 0. The number of nitrogens with one attached hydrogen (secondary N) is 2. The molecule has 0 saturated heterocycles. The average molecular weight is 261 g/mol. The van der Waals surface area contributed by atoms with E-state index in [1.165, 1.54) is 6.92 Å². The summed E-state index contributed by atoms with van der Waals surface area (Å²) in [7, 11) is 0. The van der Waals surface area contributed by atoms with E-state index in [1.54, 1.807) is 24.3 Å². The van der Waals surface area contributed by atoms with Crippen molar-refractivity contribution < 1.29 is 9.59 Å². The second kappa shape index (κ2) is 5.72. The summed E-state index contributed by atoms with van der Waals surface area (Å²) in [6, 6.07) is 5.87. The topological polar surface area (TPSA) is 58.2 Å². The lowest BCUT2D eigenvalue weighted by atomic mass is 10.3. The lowest BCUT2D eigenvalue weighted by Gasteiger charge is -2.07. The molecule has 2 N–H and O–H groups in total. The van der Waals surface area contributed by atoms with Gasteiger partial charge in [-0.3, -0.25) is 10.1 Å². The Morgan fingerprint density at radius 2 is 1.81 bits per heavy atom. The van der Waals surface area contributed by atoms with E-state index in [4.69, 9.17) is 23.2 Å². The molecule has 86 valence electrons. The quantitative estimate of drug-likeness (QED) is 0.804. The lowest BCUT2D eigenvalue weighted by Crippen LogP contribution is -2.38. The first kappa shape index (κ1) is 12.8. The van der Waals surface area contributed by atoms with Gasteiger partial charge in [-0.25, -0.2) is 4.79 Å². The SMILES string of the molecule is CC(Cl)C(=O)NC(=O)Nc1ccc(Cl)cc1. The summed E-state index contributed by atoms with van der Waals surface area (Å²) in [5.41, 5.74) is 0.539. The fourth-order valence-corrected chi connectivity index (χ4v) is 1.09. The number of urea groups is 1. The molecule has 6 heteroatoms. The van der Waals surface area contributed by atoms with Crippen LogP contribution in [0.3, 0.4) is 0 Å². The number of imide groups is 1. The van der Waals surface area contributed by atoms with Crippen LogP contribution in [-0.4, -0.2) is 17.3 Å². The van der Waals surface area contributed by atoms with Crippen LogP contribution in [0.5, 0.6) is 0 Å². The second-order valence-electron chi connectivity index (χ2n) is 3.07. The fraction of sp³-hybridized carbons (Fsp3) is 0.200. The molecule has 1 rings (SSSR count). The molecule has 4 nitrogen and oxygen atoms in total. The van der Waals surface area contributed by atoms with E-state index in [0.29, 0.717) is 10.7 Å². The van der Waals surface area contributed by atoms with Gasteiger partial charge in [0.25, 0.3) is 0 Å². The molecule has 0 aliphatic carbocycles. The van der Waals surface area contributed by atoms with Gasteiger partial charge in [0, 0.05) is 10.7 Å². The van der Waals surface area contributed by atoms with Crippen LogP contribution in [0, 0.1) is 0 Å². The zero-order valence-electron chi connectivity index (χ0n) is 8.46. The number of amides is 3. The van der Waals surface area contributed by atoms with Gasteiger partial charge in [-0.1, -0.05) is 11.6 Å². The fourth-order valence-electron chi connectivity index (χ4n) is 0.907. The molecule has 0 bridgehead atoms. The van der Waals surface area contributed by atoms with Crippen LogP contribution in [0.25, 0.3) is 0 Å². The average Bonchev–Trinajstić information content (AvgIpc) is 2.21. The summed E-state index contributed by atoms with van der Waals surface area (Å²) in [6.45, 7) is 1.48. The maximum atomic E-state index is 11.3. The van der Waals surface area contributed by atoms with Crippen molar-refractivity contribution in [3.05, 3.63) is 29.3 Å². The van der Waals surface area contributed by atoms with Crippen LogP contribution >= 0.6 is 23.2 Å². The van der Waals surface area contributed by atoms with Crippen molar-refractivity contribution in [2.24, 2.45) is 0 Å². The molecule has 1 aromatic carbocycles. The van der Waals surface area contributed by atoms with Gasteiger partial charge in [-0.15, -0.1) is 11.6 Å². The lowest BCUT2D eigenvalue weighted by molar-refractivity contribution is -0.119. The number of hydrogen-bond acceptors (Lipinski definition) is 2. The van der Waals surface area contributed by atoms with Crippen LogP contribution in [0.15, 0.2) is 24.3 Å². The number of carbonyl (C=O) groups excluding carboxylic acids is 2. The minimum Gasteiger partial charge on any atom is -0.308 e. The predicted molar refractivity (Wildman–Crippen MR) is 63.9 cm³/mol. The first-order valence-corrected chi connectivity index (χ1v) is 5.32. The Hall–Kier alpha value is -1.26. The molecule has 3 amide bonds. The Kier molecular flexibility index (Phi) is 4.58. The molecular formula is C10H10Cl2N2O2. The van der Waals surface area contributed by atoms with E-state index in [1.807, 2.05) is 0 Å². The molecule has 1 atom stereocenters. The number of alkyl halides is 1. The normalized spacial score (nSPS) is 11.7. The number of carbonyl (C=O) groups is 2. The zero-order valence-corrected chi connectivity index (χ0v) is 9.97. The largest absolute Gasteiger partial charge is 0.325 e. The first-order chi connectivity index (χ1) is 7.49. The molecule has 1 unspecified atom stereocenters. The monoisotopic (exact) mass is 260 g/mol. The van der Waals surface area contributed by atoms with Crippen molar-refractivity contribution in [1.82, 2.24) is 5.32 Å². The Balaban J connectivity index is 2.52. The number of rotatable bonds is 2. The molecule has 0 saturated carbocycles. The zero-order chi connectivity index (χ0) is 12.1. The van der Waals surface area contributed by atoms with Gasteiger partial charge in [0.1, 0.15) is 5.38 Å². The second-order valence-corrected chi connectivity index (χ2v) is 4.16. The Bertz CT molecular complexity index is 390. The van der Waals surface area contributed by atoms with Gasteiger partial charge >= 0.3 is 6.03 Å². The maximum absolute atomic E-state index is 11.3. The smallest absolute Gasteiger partial charge is 0.308 e. The Morgan fingerprint density at radius 1 is 1.25 bits per heavy atom. The minimum absolute atomic E-state index is 0.539. The molecule has 0 fully saturated rings. The van der Waals surface area contributed by atoms with Crippen molar-refractivity contribution in [3.8, 4) is 0 Å². The van der Waals surface area contributed by atoms with Gasteiger partial charge in [0.2, 0.25) is 5.91 Å². The van der Waals surface area contributed by atoms with Gasteiger partial charge in [-0.05, 0) is 31.2 Å². The minimum atomic E-state index is -0.754. The van der Waals surface area contributed by atoms with Gasteiger partial charge in [0.15, 0.2) is 0 Å². The molecule has 16 heavy (non-hydrogen) atoms. The van der Waals surface area contributed by atoms with Crippen molar-refractivity contribution >= 4 is 40.8 Å². The van der Waals surface area contributed by atoms with E-state index in [2.05, 4.69) is 10.6 Å². The highest BCUT2D eigenvalue weighted by Gasteiger charge is 2.12. The number of hydrogen-bond donors (Lipinski definition) is 2. The molecule has 0 aliphatic heterocycles. The van der Waals surface area contributed by atoms with Crippen LogP contribution in [0.2, 0.25) is 5.02 Å². The van der Waals surface area contributed by atoms with Crippen molar-refractivity contribution in [2.75, 3.05) is 5.32 Å². The third-order valence-corrected chi connectivity index (χ3v) is 2.15. The summed E-state index contributed by atoms with van der Waals surface area (Å²) in [5.74, 6) is -0.548. The van der Waals surface area contributed by atoms with Crippen LogP contribution in [0.1, 0.15) is 6.92 Å². The van der Waals surface area contributed by atoms with Gasteiger partial charge < -0.3 is 5.32 Å². The molecule has 0 aliphatic rings. The molecule has 0 aromatic heterocycles. The van der Waals surface area contributed by atoms with E-state index >= 15 is 0 Å². The first-order valence-electron chi connectivity index (χ1n) is 4.50. The maximum Gasteiger partial charge on any atom is 0.325 e. The van der Waals surface area contributed by atoms with E-state index in [0.717, 1.165) is 0 Å². The van der Waals surface area contributed by atoms with Crippen LogP contribution < -0.4 is 10.6 Å². The van der Waals surface area contributed by atoms with Crippen molar-refractivity contribution in [1.29, 1.82) is 0 Å². The molecule has 0 radical (unpaired) electrons. The molecule has 0 spiro atoms. The predicted octanol–water partition coefficient (Wildman–Crippen LogP) is 2.62. The number of benzene rings is 1. The summed E-state index contributed by atoms with van der Waals surface area (Å²) in [5, 5.41) is 4.37.